The van der Waals surface area contributed by atoms with E-state index in [4.69, 9.17) is 9.47 Å². The van der Waals surface area contributed by atoms with E-state index in [2.05, 4.69) is 35.6 Å². The molecule has 0 spiro atoms. The van der Waals surface area contributed by atoms with Crippen molar-refractivity contribution < 1.29 is 19.7 Å². The summed E-state index contributed by atoms with van der Waals surface area (Å²) in [5.41, 5.74) is 2.31. The second-order valence-corrected chi connectivity index (χ2v) is 6.19. The predicted molar refractivity (Wildman–Crippen MR) is 95.4 cm³/mol. The zero-order valence-electron chi connectivity index (χ0n) is 14.2. The fourth-order valence-corrected chi connectivity index (χ4v) is 3.11. The third-order valence-corrected chi connectivity index (χ3v) is 4.46. The van der Waals surface area contributed by atoms with Crippen LogP contribution in [0.4, 0.5) is 0 Å². The molecule has 2 aromatic carbocycles. The van der Waals surface area contributed by atoms with E-state index in [1.54, 1.807) is 4.90 Å². The fourth-order valence-electron chi connectivity index (χ4n) is 3.11. The van der Waals surface area contributed by atoms with Crippen LogP contribution in [0.15, 0.2) is 54.6 Å². The number of para-hydroxylation sites is 1. The lowest BCUT2D eigenvalue weighted by molar-refractivity contribution is -0.947. The average Bonchev–Trinajstić information content (AvgIpc) is 2.66. The van der Waals surface area contributed by atoms with Gasteiger partial charge in [-0.2, -0.15) is 0 Å². The summed E-state index contributed by atoms with van der Waals surface area (Å²) < 4.78 is 11.7. The van der Waals surface area contributed by atoms with Crippen LogP contribution in [0.25, 0.3) is 11.1 Å². The lowest BCUT2D eigenvalue weighted by atomic mass is 10.1. The number of nitrogens with one attached hydrogen (secondary N) is 1. The summed E-state index contributed by atoms with van der Waals surface area (Å²) in [6.45, 7) is 8.15. The van der Waals surface area contributed by atoms with Crippen molar-refractivity contribution in [2.75, 3.05) is 52.5 Å². The molecule has 3 N–H and O–H groups in total. The molecule has 0 radical (unpaired) electrons. The van der Waals surface area contributed by atoms with Crippen molar-refractivity contribution in [3.8, 4) is 16.9 Å². The van der Waals surface area contributed by atoms with E-state index in [1.807, 2.05) is 24.3 Å². The van der Waals surface area contributed by atoms with Gasteiger partial charge in [-0.3, -0.25) is 0 Å². The Bertz CT molecular complexity index is 598. The van der Waals surface area contributed by atoms with Crippen LogP contribution in [0.2, 0.25) is 0 Å². The minimum Gasteiger partial charge on any atom is -0.491 e. The summed E-state index contributed by atoms with van der Waals surface area (Å²) >= 11 is 0. The van der Waals surface area contributed by atoms with E-state index in [0.717, 1.165) is 24.5 Å². The molecule has 2 aromatic rings. The molecule has 1 aliphatic heterocycles. The molecule has 128 valence electrons. The second-order valence-electron chi connectivity index (χ2n) is 6.19. The standard InChI is InChI=1S/C20H26N2O2/c1-2-6-18(7-3-1)19-8-4-5-9-20(19)24-17-16-23-15-14-22-12-10-21-11-13-22/h1-9,21H,10-17H2/p+2. The lowest BCUT2D eigenvalue weighted by Gasteiger charge is -2.21. The first-order chi connectivity index (χ1) is 11.9. The molecule has 4 nitrogen and oxygen atoms in total. The molecule has 0 unspecified atom stereocenters. The molecule has 0 saturated carbocycles. The quantitative estimate of drug-likeness (QED) is 0.680. The number of benzene rings is 2. The smallest absolute Gasteiger partial charge is 0.127 e. The van der Waals surface area contributed by atoms with Gasteiger partial charge in [0.25, 0.3) is 0 Å². The van der Waals surface area contributed by atoms with E-state index >= 15 is 0 Å². The molecule has 4 heteroatoms. The average molecular weight is 328 g/mol. The Morgan fingerprint density at radius 3 is 2.42 bits per heavy atom. The molecule has 24 heavy (non-hydrogen) atoms. The molecule has 0 bridgehead atoms. The SMILES string of the molecule is c1ccc(-c2ccccc2OCCOCC[NH+]2CC[NH2+]CC2)cc1. The molecule has 3 rings (SSSR count). The third kappa shape index (κ3) is 5.06. The Hall–Kier alpha value is -1.88. The summed E-state index contributed by atoms with van der Waals surface area (Å²) in [5, 5.41) is 2.39. The van der Waals surface area contributed by atoms with Gasteiger partial charge in [-0.15, -0.1) is 0 Å². The molecule has 0 atom stereocenters. The monoisotopic (exact) mass is 328 g/mol. The maximum atomic E-state index is 5.95. The number of hydrogen-bond acceptors (Lipinski definition) is 2. The Balaban J connectivity index is 1.41. The van der Waals surface area contributed by atoms with Gasteiger partial charge in [0.2, 0.25) is 0 Å². The van der Waals surface area contributed by atoms with Crippen molar-refractivity contribution in [3.05, 3.63) is 54.6 Å². The highest BCUT2D eigenvalue weighted by molar-refractivity contribution is 5.70. The first kappa shape index (κ1) is 17.0. The molecule has 1 fully saturated rings. The summed E-state index contributed by atoms with van der Waals surface area (Å²) in [6.07, 6.45) is 0. The third-order valence-electron chi connectivity index (χ3n) is 4.46. The molecular formula is C20H28N2O2+2. The highest BCUT2D eigenvalue weighted by Gasteiger charge is 2.14. The van der Waals surface area contributed by atoms with E-state index in [9.17, 15) is 0 Å². The number of hydrogen-bond donors (Lipinski definition) is 2. The van der Waals surface area contributed by atoms with Crippen molar-refractivity contribution in [2.24, 2.45) is 0 Å². The minimum absolute atomic E-state index is 0.590. The van der Waals surface area contributed by atoms with Crippen molar-refractivity contribution >= 4 is 0 Å². The molecule has 1 aliphatic rings. The molecule has 0 amide bonds. The van der Waals surface area contributed by atoms with Gasteiger partial charge >= 0.3 is 0 Å². The van der Waals surface area contributed by atoms with E-state index in [0.29, 0.717) is 13.2 Å². The Morgan fingerprint density at radius 2 is 1.58 bits per heavy atom. The van der Waals surface area contributed by atoms with Crippen molar-refractivity contribution in [1.29, 1.82) is 0 Å². The highest BCUT2D eigenvalue weighted by Crippen LogP contribution is 2.29. The second kappa shape index (κ2) is 9.42. The Morgan fingerprint density at radius 1 is 0.833 bits per heavy atom. The van der Waals surface area contributed by atoms with Gasteiger partial charge in [0.15, 0.2) is 0 Å². The van der Waals surface area contributed by atoms with Gasteiger partial charge in [-0.1, -0.05) is 48.5 Å². The summed E-state index contributed by atoms with van der Waals surface area (Å²) in [7, 11) is 0. The van der Waals surface area contributed by atoms with Gasteiger partial charge in [0.1, 0.15) is 45.1 Å². The first-order valence-corrected chi connectivity index (χ1v) is 8.94. The number of quaternary nitrogens is 2. The van der Waals surface area contributed by atoms with Crippen LogP contribution in [0.1, 0.15) is 0 Å². The van der Waals surface area contributed by atoms with Crippen LogP contribution < -0.4 is 15.0 Å². The zero-order valence-corrected chi connectivity index (χ0v) is 14.2. The topological polar surface area (TPSA) is 39.5 Å². The molecular weight excluding hydrogens is 300 g/mol. The number of rotatable bonds is 8. The Kier molecular flexibility index (Phi) is 6.66. The van der Waals surface area contributed by atoms with Crippen LogP contribution in [-0.2, 0) is 4.74 Å². The minimum atomic E-state index is 0.590. The van der Waals surface area contributed by atoms with Crippen LogP contribution in [0.5, 0.6) is 5.75 Å². The number of piperazine rings is 1. The zero-order chi connectivity index (χ0) is 16.5. The van der Waals surface area contributed by atoms with Crippen LogP contribution in [-0.4, -0.2) is 52.5 Å². The highest BCUT2D eigenvalue weighted by atomic mass is 16.5. The van der Waals surface area contributed by atoms with Gasteiger partial charge in [0.05, 0.1) is 13.2 Å². The Labute approximate surface area is 144 Å². The fraction of sp³-hybridized carbons (Fsp3) is 0.400. The van der Waals surface area contributed by atoms with Gasteiger partial charge in [0, 0.05) is 5.56 Å². The molecule has 1 heterocycles. The van der Waals surface area contributed by atoms with Crippen LogP contribution >= 0.6 is 0 Å². The van der Waals surface area contributed by atoms with E-state index < -0.39 is 0 Å². The lowest BCUT2D eigenvalue weighted by Crippen LogP contribution is -3.20. The van der Waals surface area contributed by atoms with Crippen LogP contribution in [0, 0.1) is 0 Å². The van der Waals surface area contributed by atoms with E-state index in [1.165, 1.54) is 31.7 Å². The van der Waals surface area contributed by atoms with Gasteiger partial charge in [-0.05, 0) is 11.6 Å². The number of ether oxygens (including phenoxy) is 2. The van der Waals surface area contributed by atoms with E-state index in [-0.39, 0.29) is 0 Å². The molecule has 0 aromatic heterocycles. The first-order valence-electron chi connectivity index (χ1n) is 8.94. The van der Waals surface area contributed by atoms with Gasteiger partial charge in [-0.25, -0.2) is 0 Å². The normalized spacial score (nSPS) is 15.3. The summed E-state index contributed by atoms with van der Waals surface area (Å²) in [5.74, 6) is 0.921. The van der Waals surface area contributed by atoms with Gasteiger partial charge < -0.3 is 19.7 Å². The molecule has 0 aliphatic carbocycles. The van der Waals surface area contributed by atoms with Crippen LogP contribution in [0.3, 0.4) is 0 Å². The maximum Gasteiger partial charge on any atom is 0.127 e. The summed E-state index contributed by atoms with van der Waals surface area (Å²) in [6, 6.07) is 18.5. The predicted octanol–water partition coefficient (Wildman–Crippen LogP) is 0.211. The van der Waals surface area contributed by atoms with Crippen molar-refractivity contribution in [2.45, 2.75) is 0 Å². The maximum absolute atomic E-state index is 5.95. The largest absolute Gasteiger partial charge is 0.491 e. The number of nitrogens with two attached hydrogens (primary N) is 1. The van der Waals surface area contributed by atoms with Crippen molar-refractivity contribution in [1.82, 2.24) is 0 Å². The van der Waals surface area contributed by atoms with Crippen molar-refractivity contribution in [3.63, 3.8) is 0 Å². The molecule has 1 saturated heterocycles. The summed E-state index contributed by atoms with van der Waals surface area (Å²) in [4.78, 5) is 1.66.